The van der Waals surface area contributed by atoms with Gasteiger partial charge in [-0.05, 0) is 65.4 Å². The van der Waals surface area contributed by atoms with E-state index in [0.29, 0.717) is 16.4 Å². The fourth-order valence-corrected chi connectivity index (χ4v) is 2.95. The molecule has 1 aromatic heterocycles. The number of carbonyl (C=O) groups excluding carboxylic acids is 2. The van der Waals surface area contributed by atoms with Crippen LogP contribution < -0.4 is 14.9 Å². The highest BCUT2D eigenvalue weighted by molar-refractivity contribution is 7.12. The van der Waals surface area contributed by atoms with E-state index < -0.39 is 5.97 Å². The summed E-state index contributed by atoms with van der Waals surface area (Å²) >= 11 is 1.33. The molecule has 3 rings (SSSR count). The minimum absolute atomic E-state index is 0.125. The maximum absolute atomic E-state index is 11.9. The standard InChI is InChI=1S/C22H20N2O4S/c1-2-16-5-9-18(10-6-16)27-15-21(25)24-23-14-17-7-11-19(12-8-17)28-22(26)20-4-3-13-29-20/h3-14H,2,15H2,1H3,(H,24,25)/b23-14+. The van der Waals surface area contributed by atoms with Crippen LogP contribution in [-0.4, -0.2) is 24.7 Å². The number of aryl methyl sites for hydroxylation is 1. The number of carbonyl (C=O) groups is 2. The van der Waals surface area contributed by atoms with Crippen LogP contribution in [0.4, 0.5) is 0 Å². The fourth-order valence-electron chi connectivity index (χ4n) is 2.36. The molecule has 0 saturated carbocycles. The van der Waals surface area contributed by atoms with Crippen molar-refractivity contribution >= 4 is 29.4 Å². The summed E-state index contributed by atoms with van der Waals surface area (Å²) in [6.45, 7) is 1.95. The van der Waals surface area contributed by atoms with Gasteiger partial charge in [-0.25, -0.2) is 10.2 Å². The van der Waals surface area contributed by atoms with Crippen LogP contribution in [0.1, 0.15) is 27.7 Å². The maximum atomic E-state index is 11.9. The third-order valence-corrected chi connectivity index (χ3v) is 4.77. The third kappa shape index (κ3) is 6.29. The minimum atomic E-state index is -0.391. The predicted molar refractivity (Wildman–Crippen MR) is 113 cm³/mol. The Kier molecular flexibility index (Phi) is 7.13. The van der Waals surface area contributed by atoms with E-state index >= 15 is 0 Å². The van der Waals surface area contributed by atoms with Gasteiger partial charge < -0.3 is 9.47 Å². The van der Waals surface area contributed by atoms with E-state index in [1.165, 1.54) is 23.1 Å². The molecule has 2 aromatic carbocycles. The molecule has 1 N–H and O–H groups in total. The first-order chi connectivity index (χ1) is 14.1. The van der Waals surface area contributed by atoms with Crippen LogP contribution in [0.15, 0.2) is 71.1 Å². The number of esters is 1. The predicted octanol–water partition coefficient (Wildman–Crippen LogP) is 4.06. The molecule has 0 bridgehead atoms. The van der Waals surface area contributed by atoms with E-state index in [9.17, 15) is 9.59 Å². The first-order valence-corrected chi connectivity index (χ1v) is 9.91. The van der Waals surface area contributed by atoms with Gasteiger partial charge in [0.15, 0.2) is 6.61 Å². The highest BCUT2D eigenvalue weighted by Gasteiger charge is 2.09. The van der Waals surface area contributed by atoms with Crippen molar-refractivity contribution in [1.29, 1.82) is 0 Å². The lowest BCUT2D eigenvalue weighted by Crippen LogP contribution is -2.24. The Labute approximate surface area is 172 Å². The van der Waals surface area contributed by atoms with Crippen molar-refractivity contribution in [3.63, 3.8) is 0 Å². The molecule has 0 aliphatic carbocycles. The Balaban J connectivity index is 1.43. The van der Waals surface area contributed by atoms with E-state index in [2.05, 4.69) is 17.5 Å². The molecule has 0 spiro atoms. The normalized spacial score (nSPS) is 10.7. The summed E-state index contributed by atoms with van der Waals surface area (Å²) in [4.78, 5) is 24.3. The Bertz CT molecular complexity index is 965. The van der Waals surface area contributed by atoms with Gasteiger partial charge in [0.25, 0.3) is 5.91 Å². The number of benzene rings is 2. The van der Waals surface area contributed by atoms with Gasteiger partial charge in [0.05, 0.1) is 6.21 Å². The fraction of sp³-hybridized carbons (Fsp3) is 0.136. The molecule has 0 aliphatic rings. The number of hydrazone groups is 1. The van der Waals surface area contributed by atoms with Gasteiger partial charge in [-0.1, -0.05) is 25.1 Å². The third-order valence-electron chi connectivity index (χ3n) is 3.92. The highest BCUT2D eigenvalue weighted by Crippen LogP contribution is 2.16. The second-order valence-electron chi connectivity index (χ2n) is 6.02. The molecular weight excluding hydrogens is 388 g/mol. The van der Waals surface area contributed by atoms with Crippen molar-refractivity contribution < 1.29 is 19.1 Å². The lowest BCUT2D eigenvalue weighted by Gasteiger charge is -2.05. The van der Waals surface area contributed by atoms with E-state index in [1.54, 1.807) is 36.4 Å². The number of rotatable bonds is 8. The summed E-state index contributed by atoms with van der Waals surface area (Å²) < 4.78 is 10.7. The molecule has 7 heteroatoms. The molecule has 3 aromatic rings. The number of nitrogens with zero attached hydrogens (tertiary/aromatic N) is 1. The van der Waals surface area contributed by atoms with E-state index in [-0.39, 0.29) is 12.5 Å². The summed E-state index contributed by atoms with van der Waals surface area (Å²) in [7, 11) is 0. The Morgan fingerprint density at radius 3 is 2.41 bits per heavy atom. The maximum Gasteiger partial charge on any atom is 0.353 e. The lowest BCUT2D eigenvalue weighted by atomic mass is 10.2. The molecule has 0 unspecified atom stereocenters. The van der Waals surface area contributed by atoms with Crippen LogP contribution in [0.25, 0.3) is 0 Å². The van der Waals surface area contributed by atoms with Crippen molar-refractivity contribution in [2.75, 3.05) is 6.61 Å². The Morgan fingerprint density at radius 2 is 1.76 bits per heavy atom. The van der Waals surface area contributed by atoms with Gasteiger partial charge in [-0.2, -0.15) is 5.10 Å². The van der Waals surface area contributed by atoms with Gasteiger partial charge >= 0.3 is 5.97 Å². The van der Waals surface area contributed by atoms with Crippen molar-refractivity contribution in [1.82, 2.24) is 5.43 Å². The number of thiophene rings is 1. The molecule has 1 amide bonds. The first-order valence-electron chi connectivity index (χ1n) is 9.03. The molecule has 1 heterocycles. The summed E-state index contributed by atoms with van der Waals surface area (Å²) in [5.74, 6) is 0.321. The number of ether oxygens (including phenoxy) is 2. The van der Waals surface area contributed by atoms with Crippen LogP contribution in [0.3, 0.4) is 0 Å². The van der Waals surface area contributed by atoms with E-state index in [1.807, 2.05) is 29.6 Å². The zero-order valence-corrected chi connectivity index (χ0v) is 16.6. The Hall–Kier alpha value is -3.45. The minimum Gasteiger partial charge on any atom is -0.484 e. The van der Waals surface area contributed by atoms with Crippen LogP contribution in [0.2, 0.25) is 0 Å². The quantitative estimate of drug-likeness (QED) is 0.264. The number of hydrogen-bond acceptors (Lipinski definition) is 6. The highest BCUT2D eigenvalue weighted by atomic mass is 32.1. The van der Waals surface area contributed by atoms with Crippen LogP contribution in [0.5, 0.6) is 11.5 Å². The number of hydrogen-bond donors (Lipinski definition) is 1. The smallest absolute Gasteiger partial charge is 0.353 e. The van der Waals surface area contributed by atoms with Crippen molar-refractivity contribution in [3.8, 4) is 11.5 Å². The topological polar surface area (TPSA) is 77.0 Å². The number of nitrogens with one attached hydrogen (secondary N) is 1. The van der Waals surface area contributed by atoms with Gasteiger partial charge in [-0.3, -0.25) is 4.79 Å². The molecule has 0 aliphatic heterocycles. The summed E-state index contributed by atoms with van der Waals surface area (Å²) in [6.07, 6.45) is 2.45. The molecule has 29 heavy (non-hydrogen) atoms. The zero-order valence-electron chi connectivity index (χ0n) is 15.8. The van der Waals surface area contributed by atoms with Crippen LogP contribution >= 0.6 is 11.3 Å². The second kappa shape index (κ2) is 10.2. The van der Waals surface area contributed by atoms with Gasteiger partial charge in [0.1, 0.15) is 16.4 Å². The van der Waals surface area contributed by atoms with Crippen LogP contribution in [-0.2, 0) is 11.2 Å². The average Bonchev–Trinajstić information content (AvgIpc) is 3.29. The van der Waals surface area contributed by atoms with Crippen molar-refractivity contribution in [3.05, 3.63) is 82.0 Å². The summed E-state index contributed by atoms with van der Waals surface area (Å²) in [6, 6.07) is 17.9. The summed E-state index contributed by atoms with van der Waals surface area (Å²) in [5, 5.41) is 5.72. The van der Waals surface area contributed by atoms with Gasteiger partial charge in [-0.15, -0.1) is 11.3 Å². The van der Waals surface area contributed by atoms with Crippen molar-refractivity contribution in [2.45, 2.75) is 13.3 Å². The van der Waals surface area contributed by atoms with E-state index in [0.717, 1.165) is 12.0 Å². The molecular formula is C22H20N2O4S. The van der Waals surface area contributed by atoms with E-state index in [4.69, 9.17) is 9.47 Å². The largest absolute Gasteiger partial charge is 0.484 e. The molecule has 0 atom stereocenters. The SMILES string of the molecule is CCc1ccc(OCC(=O)N/N=C/c2ccc(OC(=O)c3cccs3)cc2)cc1. The molecule has 6 nitrogen and oxygen atoms in total. The van der Waals surface area contributed by atoms with Gasteiger partial charge in [0.2, 0.25) is 0 Å². The Morgan fingerprint density at radius 1 is 1.03 bits per heavy atom. The van der Waals surface area contributed by atoms with Crippen LogP contribution in [0, 0.1) is 0 Å². The molecule has 0 radical (unpaired) electrons. The summed E-state index contributed by atoms with van der Waals surface area (Å²) in [5.41, 5.74) is 4.37. The second-order valence-corrected chi connectivity index (χ2v) is 6.96. The lowest BCUT2D eigenvalue weighted by molar-refractivity contribution is -0.123. The molecule has 0 fully saturated rings. The monoisotopic (exact) mass is 408 g/mol. The zero-order chi connectivity index (χ0) is 20.5. The van der Waals surface area contributed by atoms with Gasteiger partial charge in [0, 0.05) is 0 Å². The molecule has 148 valence electrons. The first kappa shape index (κ1) is 20.3. The van der Waals surface area contributed by atoms with Crippen molar-refractivity contribution in [2.24, 2.45) is 5.10 Å². The number of amides is 1. The average molecular weight is 408 g/mol. The molecule has 0 saturated heterocycles.